The van der Waals surface area contributed by atoms with Crippen LogP contribution in [0.3, 0.4) is 0 Å². The number of rotatable bonds is 6. The molecule has 0 aliphatic rings. The Labute approximate surface area is 180 Å². The van der Waals surface area contributed by atoms with Crippen molar-refractivity contribution < 1.29 is 9.59 Å². The molecule has 4 rings (SSSR count). The lowest BCUT2D eigenvalue weighted by molar-refractivity contribution is 0.0933. The standard InChI is InChI=1S/C21H16N8O3/c22-8-12-4-5-16-15(7-12)19(30)28-18(27-16)21(32)24-10-14-3-1-2-13(6-14)9-23-20(31)17-25-11-26-29-17/h1-7,11H,9-10H2,(H,23,31)(H,24,32)(H,25,26,29)(H,27,28,30). The molecule has 11 heteroatoms. The van der Waals surface area contributed by atoms with Crippen molar-refractivity contribution in [3.8, 4) is 6.07 Å². The zero-order chi connectivity index (χ0) is 22.5. The lowest BCUT2D eigenvalue weighted by atomic mass is 10.1. The van der Waals surface area contributed by atoms with Crippen molar-refractivity contribution in [2.45, 2.75) is 13.1 Å². The molecule has 0 spiro atoms. The van der Waals surface area contributed by atoms with E-state index in [-0.39, 0.29) is 36.0 Å². The minimum absolute atomic E-state index is 0.120. The van der Waals surface area contributed by atoms with Gasteiger partial charge in [-0.15, -0.1) is 0 Å². The fraction of sp³-hybridized carbons (Fsp3) is 0.0952. The van der Waals surface area contributed by atoms with E-state index in [2.05, 4.69) is 35.8 Å². The smallest absolute Gasteiger partial charge is 0.288 e. The lowest BCUT2D eigenvalue weighted by Crippen LogP contribution is -2.27. The number of nitrogens with zero attached hydrogens (tertiary/aromatic N) is 4. The second-order valence-electron chi connectivity index (χ2n) is 6.78. The molecule has 0 aliphatic heterocycles. The zero-order valence-electron chi connectivity index (χ0n) is 16.5. The average molecular weight is 428 g/mol. The van der Waals surface area contributed by atoms with Gasteiger partial charge in [0.05, 0.1) is 22.5 Å². The summed E-state index contributed by atoms with van der Waals surface area (Å²) in [6, 6.07) is 13.7. The molecule has 0 radical (unpaired) electrons. The summed E-state index contributed by atoms with van der Waals surface area (Å²) >= 11 is 0. The first-order chi connectivity index (χ1) is 15.5. The quantitative estimate of drug-likeness (QED) is 0.351. The second-order valence-corrected chi connectivity index (χ2v) is 6.78. The maximum Gasteiger partial charge on any atom is 0.288 e. The molecular weight excluding hydrogens is 412 g/mol. The molecule has 158 valence electrons. The molecule has 2 aromatic carbocycles. The monoisotopic (exact) mass is 428 g/mol. The number of nitrogens with one attached hydrogen (secondary N) is 4. The van der Waals surface area contributed by atoms with Gasteiger partial charge in [-0.2, -0.15) is 10.4 Å². The van der Waals surface area contributed by atoms with Crippen LogP contribution < -0.4 is 16.2 Å². The average Bonchev–Trinajstić information content (AvgIpc) is 3.36. The number of hydrogen-bond acceptors (Lipinski definition) is 7. The number of carbonyl (C=O) groups excluding carboxylic acids is 2. The Balaban J connectivity index is 1.41. The predicted molar refractivity (Wildman–Crippen MR) is 112 cm³/mol. The molecule has 2 amide bonds. The van der Waals surface area contributed by atoms with Crippen LogP contribution in [0.15, 0.2) is 53.6 Å². The molecule has 0 fully saturated rings. The number of aromatic amines is 2. The normalized spacial score (nSPS) is 10.5. The van der Waals surface area contributed by atoms with Gasteiger partial charge in [0.25, 0.3) is 17.4 Å². The highest BCUT2D eigenvalue weighted by molar-refractivity contribution is 5.92. The summed E-state index contributed by atoms with van der Waals surface area (Å²) in [6.45, 7) is 0.462. The first-order valence-corrected chi connectivity index (χ1v) is 9.47. The van der Waals surface area contributed by atoms with E-state index in [0.29, 0.717) is 11.1 Å². The Morgan fingerprint density at radius 3 is 2.38 bits per heavy atom. The number of amides is 2. The Kier molecular flexibility index (Phi) is 5.67. The summed E-state index contributed by atoms with van der Waals surface area (Å²) < 4.78 is 0. The molecule has 32 heavy (non-hydrogen) atoms. The van der Waals surface area contributed by atoms with Gasteiger partial charge in [0.15, 0.2) is 5.82 Å². The molecule has 11 nitrogen and oxygen atoms in total. The molecule has 0 unspecified atom stereocenters. The van der Waals surface area contributed by atoms with Crippen molar-refractivity contribution in [1.29, 1.82) is 5.26 Å². The Morgan fingerprint density at radius 2 is 1.72 bits per heavy atom. The summed E-state index contributed by atoms with van der Waals surface area (Å²) in [7, 11) is 0. The van der Waals surface area contributed by atoms with Gasteiger partial charge in [0, 0.05) is 13.1 Å². The molecule has 4 aromatic rings. The molecule has 0 aliphatic carbocycles. The van der Waals surface area contributed by atoms with Crippen molar-refractivity contribution in [2.24, 2.45) is 0 Å². The van der Waals surface area contributed by atoms with E-state index >= 15 is 0 Å². The van der Waals surface area contributed by atoms with Crippen molar-refractivity contribution in [3.05, 3.63) is 87.5 Å². The minimum atomic E-state index is -0.544. The van der Waals surface area contributed by atoms with Gasteiger partial charge >= 0.3 is 0 Å². The van der Waals surface area contributed by atoms with Gasteiger partial charge in [0.2, 0.25) is 5.82 Å². The Hall–Kier alpha value is -4.85. The topological polar surface area (TPSA) is 169 Å². The van der Waals surface area contributed by atoms with Gasteiger partial charge in [-0.05, 0) is 29.3 Å². The number of hydrogen-bond donors (Lipinski definition) is 4. The number of benzene rings is 2. The van der Waals surface area contributed by atoms with E-state index in [1.807, 2.05) is 24.3 Å². The summed E-state index contributed by atoms with van der Waals surface area (Å²) in [5.41, 5.74) is 1.78. The summed E-state index contributed by atoms with van der Waals surface area (Å²) in [6.07, 6.45) is 1.25. The molecule has 2 aromatic heterocycles. The molecule has 0 saturated heterocycles. The number of nitriles is 1. The van der Waals surface area contributed by atoms with Crippen LogP contribution in [-0.2, 0) is 13.1 Å². The van der Waals surface area contributed by atoms with E-state index < -0.39 is 11.5 Å². The van der Waals surface area contributed by atoms with Gasteiger partial charge < -0.3 is 15.6 Å². The van der Waals surface area contributed by atoms with Crippen LogP contribution >= 0.6 is 0 Å². The minimum Gasteiger partial charge on any atom is -0.345 e. The van der Waals surface area contributed by atoms with Gasteiger partial charge in [-0.1, -0.05) is 24.3 Å². The molecule has 2 heterocycles. The maximum absolute atomic E-state index is 12.5. The van der Waals surface area contributed by atoms with Crippen LogP contribution in [0.25, 0.3) is 10.9 Å². The van der Waals surface area contributed by atoms with Crippen LogP contribution in [0.1, 0.15) is 37.9 Å². The third kappa shape index (κ3) is 4.49. The van der Waals surface area contributed by atoms with Crippen LogP contribution in [0.2, 0.25) is 0 Å². The highest BCUT2D eigenvalue weighted by atomic mass is 16.2. The van der Waals surface area contributed by atoms with E-state index in [4.69, 9.17) is 5.26 Å². The van der Waals surface area contributed by atoms with E-state index in [0.717, 1.165) is 11.1 Å². The van der Waals surface area contributed by atoms with Gasteiger partial charge in [-0.25, -0.2) is 9.97 Å². The first kappa shape index (κ1) is 20.4. The first-order valence-electron chi connectivity index (χ1n) is 9.47. The number of fused-ring (bicyclic) bond motifs is 1. The summed E-state index contributed by atoms with van der Waals surface area (Å²) in [4.78, 5) is 47.1. The number of aromatic nitrogens is 5. The number of carbonyl (C=O) groups is 2. The van der Waals surface area contributed by atoms with Crippen molar-refractivity contribution in [1.82, 2.24) is 35.8 Å². The van der Waals surface area contributed by atoms with Crippen LogP contribution in [0.4, 0.5) is 0 Å². The highest BCUT2D eigenvalue weighted by Gasteiger charge is 2.12. The molecule has 0 saturated carbocycles. The van der Waals surface area contributed by atoms with Gasteiger partial charge in [0.1, 0.15) is 6.33 Å². The SMILES string of the molecule is N#Cc1ccc2nc(C(=O)NCc3cccc(CNC(=O)c4ncn[nH]4)c3)[nH]c(=O)c2c1. The van der Waals surface area contributed by atoms with Crippen molar-refractivity contribution >= 4 is 22.7 Å². The summed E-state index contributed by atoms with van der Waals surface area (Å²) in [5, 5.41) is 20.7. The summed E-state index contributed by atoms with van der Waals surface area (Å²) in [5.74, 6) is -0.927. The lowest BCUT2D eigenvalue weighted by Gasteiger charge is -2.08. The Bertz CT molecular complexity index is 1400. The second kappa shape index (κ2) is 8.88. The predicted octanol–water partition coefficient (Wildman–Crippen LogP) is 0.773. The van der Waals surface area contributed by atoms with Crippen LogP contribution in [0, 0.1) is 11.3 Å². The van der Waals surface area contributed by atoms with Crippen LogP contribution in [-0.4, -0.2) is 37.0 Å². The van der Waals surface area contributed by atoms with Gasteiger partial charge in [-0.3, -0.25) is 19.5 Å². The fourth-order valence-electron chi connectivity index (χ4n) is 3.01. The third-order valence-electron chi connectivity index (χ3n) is 4.58. The zero-order valence-corrected chi connectivity index (χ0v) is 16.5. The van der Waals surface area contributed by atoms with E-state index in [9.17, 15) is 14.4 Å². The van der Waals surface area contributed by atoms with Crippen molar-refractivity contribution in [3.63, 3.8) is 0 Å². The molecule has 0 bridgehead atoms. The number of H-pyrrole nitrogens is 2. The fourth-order valence-corrected chi connectivity index (χ4v) is 3.01. The largest absolute Gasteiger partial charge is 0.345 e. The van der Waals surface area contributed by atoms with E-state index in [1.165, 1.54) is 24.5 Å². The van der Waals surface area contributed by atoms with Crippen molar-refractivity contribution in [2.75, 3.05) is 0 Å². The van der Waals surface area contributed by atoms with E-state index in [1.54, 1.807) is 6.07 Å². The highest BCUT2D eigenvalue weighted by Crippen LogP contribution is 2.10. The molecule has 0 atom stereocenters. The van der Waals surface area contributed by atoms with Crippen LogP contribution in [0.5, 0.6) is 0 Å². The Morgan fingerprint density at radius 1 is 1.00 bits per heavy atom. The molecule has 4 N–H and O–H groups in total. The maximum atomic E-state index is 12.5. The molecular formula is C21H16N8O3. The third-order valence-corrected chi connectivity index (χ3v) is 4.58.